The highest BCUT2D eigenvalue weighted by Crippen LogP contribution is 2.26. The molecule has 5 unspecified atom stereocenters. The highest BCUT2D eigenvalue weighted by molar-refractivity contribution is 9.10. The molecule has 0 saturated carbocycles. The summed E-state index contributed by atoms with van der Waals surface area (Å²) in [5, 5.41) is 29.5. The van der Waals surface area contributed by atoms with Gasteiger partial charge >= 0.3 is 18.2 Å². The Bertz CT molecular complexity index is 4560. The first-order valence-corrected chi connectivity index (χ1v) is 42.8. The van der Waals surface area contributed by atoms with E-state index in [4.69, 9.17) is 24.1 Å². The van der Waals surface area contributed by atoms with Crippen molar-refractivity contribution >= 4 is 134 Å². The summed E-state index contributed by atoms with van der Waals surface area (Å²) in [6.07, 6.45) is 3.69. The number of aromatic carboxylic acids is 1. The first kappa shape index (κ1) is 104. The Hall–Kier alpha value is -11.6. The molecule has 127 heavy (non-hydrogen) atoms. The van der Waals surface area contributed by atoms with Crippen molar-refractivity contribution in [2.24, 2.45) is 0 Å². The quantitative estimate of drug-likeness (QED) is 0.0404. The van der Waals surface area contributed by atoms with Crippen molar-refractivity contribution in [1.29, 1.82) is 0 Å². The van der Waals surface area contributed by atoms with Crippen LogP contribution in [-0.4, -0.2) is 287 Å². The van der Waals surface area contributed by atoms with Gasteiger partial charge in [0.05, 0.1) is 36.7 Å². The number of alkyl halides is 1. The number of piperidine rings is 5. The van der Waals surface area contributed by atoms with E-state index in [1.165, 1.54) is 15.4 Å². The number of benzene rings is 5. The number of carbonyl (C=O) groups is 15. The number of imide groups is 5. The third-order valence-corrected chi connectivity index (χ3v) is 21.9. The summed E-state index contributed by atoms with van der Waals surface area (Å²) in [6, 6.07) is 35.6. The summed E-state index contributed by atoms with van der Waals surface area (Å²) in [7, 11) is 12.0. The number of piperazine rings is 3. The second-order valence-corrected chi connectivity index (χ2v) is 33.8. The Morgan fingerprint density at radius 1 is 0.433 bits per heavy atom. The number of amides is 14. The van der Waals surface area contributed by atoms with Crippen molar-refractivity contribution < 1.29 is 96.0 Å². The number of carboxylic acids is 1. The largest absolute Gasteiger partial charge is 0.497 e. The summed E-state index contributed by atoms with van der Waals surface area (Å²) in [5.74, 6) is -2.27. The van der Waals surface area contributed by atoms with E-state index in [0.29, 0.717) is 121 Å². The van der Waals surface area contributed by atoms with E-state index in [9.17, 15) is 71.9 Å². The normalized spacial score (nSPS) is 19.3. The summed E-state index contributed by atoms with van der Waals surface area (Å²) in [4.78, 5) is 187. The molecule has 0 radical (unpaired) electrons. The second kappa shape index (κ2) is 50.6. The highest BCUT2D eigenvalue weighted by Gasteiger charge is 2.37. The zero-order chi connectivity index (χ0) is 92.5. The number of rotatable bonds is 16. The van der Waals surface area contributed by atoms with Gasteiger partial charge in [0.2, 0.25) is 59.1 Å². The lowest BCUT2D eigenvalue weighted by atomic mass is 10.0. The monoisotopic (exact) mass is 1850 g/mol. The van der Waals surface area contributed by atoms with Gasteiger partial charge in [-0.05, 0) is 203 Å². The molecule has 8 heterocycles. The van der Waals surface area contributed by atoms with Gasteiger partial charge in [0, 0.05) is 166 Å². The van der Waals surface area contributed by atoms with Gasteiger partial charge in [-0.15, -0.1) is 12.4 Å². The molecule has 0 spiro atoms. The molecule has 8 fully saturated rings. The lowest BCUT2D eigenvalue weighted by Crippen LogP contribution is -2.52. The first-order valence-electron chi connectivity index (χ1n) is 41.9. The number of anilines is 3. The van der Waals surface area contributed by atoms with Crippen LogP contribution in [0, 0.1) is 0 Å². The van der Waals surface area contributed by atoms with E-state index in [2.05, 4.69) is 85.3 Å². The summed E-state index contributed by atoms with van der Waals surface area (Å²) in [5.41, 5.74) is 5.69. The van der Waals surface area contributed by atoms with Crippen molar-refractivity contribution in [3.05, 3.63) is 149 Å². The molecule has 0 aliphatic carbocycles. The van der Waals surface area contributed by atoms with Gasteiger partial charge in [-0.25, -0.2) is 14.4 Å². The van der Waals surface area contributed by atoms with Crippen LogP contribution in [0.3, 0.4) is 0 Å². The van der Waals surface area contributed by atoms with Gasteiger partial charge in [-0.2, -0.15) is 0 Å². The van der Waals surface area contributed by atoms with Crippen LogP contribution in [0.2, 0.25) is 0 Å². The minimum absolute atomic E-state index is 0. The highest BCUT2D eigenvalue weighted by atomic mass is 79.9. The number of halogens is 2. The maximum Gasteiger partial charge on any atom is 0.410 e. The summed E-state index contributed by atoms with van der Waals surface area (Å²) >= 11 is 3.12. The van der Waals surface area contributed by atoms with E-state index in [0.717, 1.165) is 66.8 Å². The molecular formula is C89H122BrClN16O20. The lowest BCUT2D eigenvalue weighted by Gasteiger charge is -2.36. The van der Waals surface area contributed by atoms with Crippen LogP contribution in [0.15, 0.2) is 121 Å². The Morgan fingerprint density at radius 3 is 1.09 bits per heavy atom. The molecule has 5 atom stereocenters. The topological polar surface area (TPSA) is 435 Å². The van der Waals surface area contributed by atoms with E-state index < -0.39 is 41.1 Å². The molecule has 692 valence electrons. The molecule has 8 saturated heterocycles. The molecule has 9 N–H and O–H groups in total. The SMILES string of the molecule is CC(C)(C)OC(=O)N1CCN(c2ccc(C(=O)O)cc2)CC1.CN(C(=O)c1ccc(N2CCN(C(=O)OC(C)(C)C)CC2)cc1)C1CCC(=O)NC1=O.CN(C(=O)c1ccc(N2CCNCC2)cc1)C1CCC(=O)NC1=O.CNC1CCC(=O)NC1=O.CNCc1ccc(OC)cc1.COc1ccc(CN(C)C2CCC(=O)NC2=O)cc1.Cl.O=C1CCC(Br)C(=O)N1. The average Bonchev–Trinajstić information content (AvgIpc) is 0.821. The minimum atomic E-state index is -0.929. The van der Waals surface area contributed by atoms with Crippen LogP contribution in [0.5, 0.6) is 11.5 Å². The molecule has 8 aliphatic heterocycles. The molecule has 0 bridgehead atoms. The van der Waals surface area contributed by atoms with Crippen molar-refractivity contribution in [2.75, 3.05) is 143 Å². The van der Waals surface area contributed by atoms with Crippen LogP contribution < -0.4 is 66.7 Å². The fourth-order valence-corrected chi connectivity index (χ4v) is 14.3. The number of carboxylic acid groups (broad SMARTS) is 1. The fraction of sp³-hybridized carbons (Fsp3) is 0.494. The number of hydrogen-bond acceptors (Lipinski definition) is 26. The van der Waals surface area contributed by atoms with Crippen molar-refractivity contribution in [3.63, 3.8) is 0 Å². The number of nitrogens with one attached hydrogen (secondary N) is 8. The van der Waals surface area contributed by atoms with Crippen LogP contribution in [0.1, 0.15) is 148 Å². The zero-order valence-corrected chi connectivity index (χ0v) is 76.9. The fourth-order valence-electron chi connectivity index (χ4n) is 13.9. The van der Waals surface area contributed by atoms with E-state index in [1.807, 2.05) is 121 Å². The van der Waals surface area contributed by atoms with Crippen LogP contribution in [0.25, 0.3) is 0 Å². The Morgan fingerprint density at radius 2 is 0.764 bits per heavy atom. The van der Waals surface area contributed by atoms with Crippen molar-refractivity contribution in [2.45, 2.75) is 159 Å². The van der Waals surface area contributed by atoms with Crippen LogP contribution in [-0.2, 0) is 70.5 Å². The van der Waals surface area contributed by atoms with Gasteiger partial charge in [0.25, 0.3) is 11.8 Å². The Kier molecular flexibility index (Phi) is 41.5. The second-order valence-electron chi connectivity index (χ2n) is 32.7. The molecule has 5 aromatic rings. The van der Waals surface area contributed by atoms with E-state index in [-0.39, 0.29) is 119 Å². The molecular weight excluding hydrogens is 1730 g/mol. The molecule has 13 rings (SSSR count). The maximum atomic E-state index is 12.8. The zero-order valence-electron chi connectivity index (χ0n) is 74.5. The predicted molar refractivity (Wildman–Crippen MR) is 482 cm³/mol. The Balaban J connectivity index is 0.000000237. The summed E-state index contributed by atoms with van der Waals surface area (Å²) < 4.78 is 20.9. The van der Waals surface area contributed by atoms with E-state index >= 15 is 0 Å². The molecule has 0 aromatic heterocycles. The maximum absolute atomic E-state index is 12.8. The van der Waals surface area contributed by atoms with Gasteiger partial charge in [-0.3, -0.25) is 89.0 Å². The number of carbonyl (C=O) groups excluding carboxylic acids is 14. The standard InChI is InChI=1S/C22H30N4O5.C17H22N4O3.C16H22N2O4.C14H18N2O3.C9H13NO.C6H10N2O2.C5H6BrNO2.ClH/c1-22(2,3)31-21(30)26-13-11-25(12-14-26)16-7-5-15(6-8-16)20(29)24(4)17-9-10-18(27)23-19(17)28;1-20(14-6-7-15(22)19-16(14)23)17(24)12-2-4-13(5-3-12)21-10-8-18-9-11-21;1-16(2,3)22-15(21)18-10-8-17(9-11-18)13-6-4-12(5-7-13)14(19)20;1-16(12-7-8-13(17)15-14(12)18)9-10-3-5-11(19-2)6-4-10;1-10-7-8-3-5-9(11-2)6-4-8;1-7-4-2-3-5(9)8-6(4)10;6-3-1-2-4(8)7-5(3)9;/h5-8,17H,9-14H2,1-4H3,(H,23,27,28);2-5,14,18H,6-11H2,1H3,(H,19,22,23);4-7H,8-11H2,1-3H3,(H,19,20);3-6,12H,7-9H2,1-2H3,(H,15,17,18);3-6,10H,7H2,1-2H3;4,7H,2-3H2,1H3,(H,8,9,10);3H,1-2H2,(H,7,8,9);1H. The van der Waals surface area contributed by atoms with Gasteiger partial charge < -0.3 is 74.3 Å². The van der Waals surface area contributed by atoms with Crippen LogP contribution >= 0.6 is 28.3 Å². The predicted octanol–water partition coefficient (Wildman–Crippen LogP) is 6.00. The molecule has 38 heteroatoms. The van der Waals surface area contributed by atoms with Gasteiger partial charge in [0.15, 0.2) is 0 Å². The van der Waals surface area contributed by atoms with Crippen LogP contribution in [0.4, 0.5) is 26.7 Å². The number of methoxy groups -OCH3 is 2. The number of nitrogens with zero attached hydrogens (tertiary/aromatic N) is 8. The Labute approximate surface area is 755 Å². The van der Waals surface area contributed by atoms with E-state index in [1.54, 1.807) is 93.7 Å². The minimum Gasteiger partial charge on any atom is -0.497 e. The number of likely N-dealkylation sites (N-methyl/N-ethyl adjacent to an activating group) is 4. The molecule has 8 aliphatic rings. The third-order valence-electron chi connectivity index (χ3n) is 21.0. The first-order chi connectivity index (χ1) is 59.8. The average molecular weight is 1850 g/mol. The number of hydrogen-bond donors (Lipinski definition) is 9. The van der Waals surface area contributed by atoms with Crippen molar-refractivity contribution in [3.8, 4) is 11.5 Å². The summed E-state index contributed by atoms with van der Waals surface area (Å²) in [6.45, 7) is 21.5. The molecule has 14 amide bonds. The van der Waals surface area contributed by atoms with Gasteiger partial charge in [-0.1, -0.05) is 40.2 Å². The molecule has 36 nitrogen and oxygen atoms in total. The smallest absolute Gasteiger partial charge is 0.410 e. The number of ether oxygens (including phenoxy) is 4. The van der Waals surface area contributed by atoms with Crippen molar-refractivity contribution in [1.82, 2.24) is 67.0 Å². The molecule has 5 aromatic carbocycles. The third kappa shape index (κ3) is 33.9. The van der Waals surface area contributed by atoms with Gasteiger partial charge in [0.1, 0.15) is 34.8 Å². The lowest BCUT2D eigenvalue weighted by molar-refractivity contribution is -0.138.